The van der Waals surface area contributed by atoms with E-state index in [9.17, 15) is 9.59 Å². The van der Waals surface area contributed by atoms with Gasteiger partial charge in [0.2, 0.25) is 17.8 Å². The van der Waals surface area contributed by atoms with Crippen molar-refractivity contribution < 1.29 is 9.59 Å². The Morgan fingerprint density at radius 3 is 2.76 bits per heavy atom. The topological polar surface area (TPSA) is 125 Å². The highest BCUT2D eigenvalue weighted by atomic mass is 16.2. The summed E-state index contributed by atoms with van der Waals surface area (Å²) < 4.78 is 0. The number of nitrogens with zero attached hydrogens (tertiary/aromatic N) is 1. The molecule has 0 aliphatic carbocycles. The van der Waals surface area contributed by atoms with Crippen LogP contribution in [-0.4, -0.2) is 47.0 Å². The third-order valence-corrected chi connectivity index (χ3v) is 5.04. The van der Waals surface area contributed by atoms with Crippen LogP contribution in [0.1, 0.15) is 17.5 Å². The molecule has 4 rings (SSSR count). The van der Waals surface area contributed by atoms with E-state index in [0.29, 0.717) is 18.9 Å². The highest BCUT2D eigenvalue weighted by Crippen LogP contribution is 2.19. The van der Waals surface area contributed by atoms with Crippen LogP contribution in [0.4, 0.5) is 5.95 Å². The van der Waals surface area contributed by atoms with Crippen LogP contribution >= 0.6 is 0 Å². The van der Waals surface area contributed by atoms with Crippen molar-refractivity contribution >= 4 is 28.8 Å². The lowest BCUT2D eigenvalue weighted by Crippen LogP contribution is -2.39. The quantitative estimate of drug-likeness (QED) is 0.426. The van der Waals surface area contributed by atoms with Gasteiger partial charge in [-0.25, -0.2) is 4.98 Å². The van der Waals surface area contributed by atoms with Crippen LogP contribution in [0.15, 0.2) is 48.5 Å². The molecule has 8 heteroatoms. The first kappa shape index (κ1) is 19.1. The van der Waals surface area contributed by atoms with E-state index in [-0.39, 0.29) is 30.4 Å². The van der Waals surface area contributed by atoms with Crippen molar-refractivity contribution in [2.45, 2.75) is 24.9 Å². The van der Waals surface area contributed by atoms with Crippen LogP contribution in [0.5, 0.6) is 0 Å². The van der Waals surface area contributed by atoms with Gasteiger partial charge in [-0.2, -0.15) is 0 Å². The molecule has 1 aliphatic heterocycles. The van der Waals surface area contributed by atoms with Gasteiger partial charge in [0.1, 0.15) is 0 Å². The number of fused-ring (bicyclic) bond motifs is 1. The highest BCUT2D eigenvalue weighted by Gasteiger charge is 2.30. The Balaban J connectivity index is 1.39. The molecule has 150 valence electrons. The number of nitrogens with two attached hydrogens (primary N) is 1. The second kappa shape index (κ2) is 8.42. The number of imidazole rings is 1. The molecule has 1 aliphatic rings. The van der Waals surface area contributed by atoms with Gasteiger partial charge in [-0.15, -0.1) is 0 Å². The molecule has 8 nitrogen and oxygen atoms in total. The predicted molar refractivity (Wildman–Crippen MR) is 111 cm³/mol. The largest absolute Gasteiger partial charge is 0.351 e. The molecular weight excluding hydrogens is 368 g/mol. The van der Waals surface area contributed by atoms with E-state index in [1.165, 1.54) is 5.56 Å². The maximum atomic E-state index is 12.5. The fourth-order valence-electron chi connectivity index (χ4n) is 3.59. The first-order chi connectivity index (χ1) is 14.1. The van der Waals surface area contributed by atoms with Gasteiger partial charge >= 0.3 is 0 Å². The van der Waals surface area contributed by atoms with Crippen LogP contribution in [0, 0.1) is 0 Å². The lowest BCUT2D eigenvalue weighted by molar-refractivity contribution is -0.121. The highest BCUT2D eigenvalue weighted by molar-refractivity contribution is 5.95. The first-order valence-corrected chi connectivity index (χ1v) is 9.67. The second-order valence-electron chi connectivity index (χ2n) is 7.25. The Kier molecular flexibility index (Phi) is 5.55. The molecule has 29 heavy (non-hydrogen) atoms. The van der Waals surface area contributed by atoms with Crippen LogP contribution in [0.25, 0.3) is 11.0 Å². The van der Waals surface area contributed by atoms with Gasteiger partial charge in [0.05, 0.1) is 23.6 Å². The van der Waals surface area contributed by atoms with E-state index in [4.69, 9.17) is 5.73 Å². The molecule has 1 saturated heterocycles. The van der Waals surface area contributed by atoms with Crippen molar-refractivity contribution in [3.8, 4) is 0 Å². The van der Waals surface area contributed by atoms with E-state index in [0.717, 1.165) is 23.0 Å². The van der Waals surface area contributed by atoms with Crippen LogP contribution in [-0.2, 0) is 16.0 Å². The molecule has 2 aromatic carbocycles. The minimum Gasteiger partial charge on any atom is -0.351 e. The van der Waals surface area contributed by atoms with Gasteiger partial charge in [-0.3, -0.25) is 14.9 Å². The zero-order valence-corrected chi connectivity index (χ0v) is 15.9. The number of hydrogen-bond acceptors (Lipinski definition) is 5. The van der Waals surface area contributed by atoms with Gasteiger partial charge in [-0.1, -0.05) is 36.4 Å². The number of amides is 2. The number of benzene rings is 2. The summed E-state index contributed by atoms with van der Waals surface area (Å²) in [5, 5.41) is 8.74. The zero-order valence-electron chi connectivity index (χ0n) is 15.9. The summed E-state index contributed by atoms with van der Waals surface area (Å²) >= 11 is 0. The number of carbonyl (C=O) groups excluding carboxylic acids is 2. The number of carbonyl (C=O) groups is 2. The number of nitrogens with one attached hydrogen (secondary N) is 4. The number of aromatic amines is 1. The molecule has 0 bridgehead atoms. The van der Waals surface area contributed by atoms with Crippen LogP contribution in [0.2, 0.25) is 0 Å². The van der Waals surface area contributed by atoms with E-state index >= 15 is 0 Å². The third-order valence-electron chi connectivity index (χ3n) is 5.04. The van der Waals surface area contributed by atoms with Gasteiger partial charge in [-0.05, 0) is 36.1 Å². The standard InChI is InChI=1S/C21H24N6O2/c22-11-19(28)24-15-10-18(23-12-15)20(29)27-21-25-16-7-6-14(9-17(16)26-21)8-13-4-2-1-3-5-13/h1-7,9,15,18,23H,8,10-12,22H2,(H,24,28)(H2,25,26,27,29)/t15-,18+/m1/s1. The van der Waals surface area contributed by atoms with E-state index < -0.39 is 0 Å². The SMILES string of the molecule is NCC(=O)N[C@H]1CN[C@H](C(=O)Nc2nc3cc(Cc4ccccc4)ccc3[nH]2)C1. The number of anilines is 1. The summed E-state index contributed by atoms with van der Waals surface area (Å²) in [6, 6.07) is 15.8. The van der Waals surface area contributed by atoms with Crippen molar-refractivity contribution in [3.05, 3.63) is 59.7 Å². The Morgan fingerprint density at radius 2 is 1.97 bits per heavy atom. The normalized spacial score (nSPS) is 18.7. The molecule has 0 unspecified atom stereocenters. The smallest absolute Gasteiger partial charge is 0.243 e. The summed E-state index contributed by atoms with van der Waals surface area (Å²) in [4.78, 5) is 31.6. The average molecular weight is 392 g/mol. The Bertz CT molecular complexity index is 1020. The zero-order chi connectivity index (χ0) is 20.2. The fraction of sp³-hybridized carbons (Fsp3) is 0.286. The van der Waals surface area contributed by atoms with Gasteiger partial charge in [0, 0.05) is 12.6 Å². The lowest BCUT2D eigenvalue weighted by atomic mass is 10.0. The van der Waals surface area contributed by atoms with Crippen molar-refractivity contribution in [3.63, 3.8) is 0 Å². The molecular formula is C21H24N6O2. The third kappa shape index (κ3) is 4.61. The predicted octanol–water partition coefficient (Wildman–Crippen LogP) is 0.898. The molecule has 1 fully saturated rings. The van der Waals surface area contributed by atoms with Crippen LogP contribution in [0.3, 0.4) is 0 Å². The van der Waals surface area contributed by atoms with Crippen molar-refractivity contribution in [1.29, 1.82) is 0 Å². The molecule has 0 spiro atoms. The first-order valence-electron chi connectivity index (χ1n) is 9.67. The van der Waals surface area contributed by atoms with Crippen LogP contribution < -0.4 is 21.7 Å². The molecule has 2 heterocycles. The maximum absolute atomic E-state index is 12.5. The monoisotopic (exact) mass is 392 g/mol. The number of hydrogen-bond donors (Lipinski definition) is 5. The fourth-order valence-corrected chi connectivity index (χ4v) is 3.59. The van der Waals surface area contributed by atoms with E-state index in [2.05, 4.69) is 44.1 Å². The molecule has 2 amide bonds. The molecule has 0 radical (unpaired) electrons. The lowest BCUT2D eigenvalue weighted by Gasteiger charge is -2.11. The van der Waals surface area contributed by atoms with Gasteiger partial charge < -0.3 is 21.4 Å². The summed E-state index contributed by atoms with van der Waals surface area (Å²) in [5.74, 6) is 0.0117. The summed E-state index contributed by atoms with van der Waals surface area (Å²) in [5.41, 5.74) is 9.38. The number of aromatic nitrogens is 2. The minimum atomic E-state index is -0.389. The molecule has 2 atom stereocenters. The average Bonchev–Trinajstić information content (AvgIpc) is 3.35. The number of rotatable bonds is 6. The minimum absolute atomic E-state index is 0.0569. The van der Waals surface area contributed by atoms with E-state index in [1.807, 2.05) is 30.3 Å². The second-order valence-corrected chi connectivity index (χ2v) is 7.25. The molecule has 1 aromatic heterocycles. The van der Waals surface area contributed by atoms with Gasteiger partial charge in [0.25, 0.3) is 0 Å². The number of H-pyrrole nitrogens is 1. The summed E-state index contributed by atoms with van der Waals surface area (Å²) in [6.07, 6.45) is 1.34. The Morgan fingerprint density at radius 1 is 1.14 bits per heavy atom. The molecule has 3 aromatic rings. The molecule has 0 saturated carbocycles. The van der Waals surface area contributed by atoms with E-state index in [1.54, 1.807) is 0 Å². The Labute approximate surface area is 168 Å². The molecule has 6 N–H and O–H groups in total. The van der Waals surface area contributed by atoms with Crippen molar-refractivity contribution in [1.82, 2.24) is 20.6 Å². The summed E-state index contributed by atoms with van der Waals surface area (Å²) in [7, 11) is 0. The van der Waals surface area contributed by atoms with Gasteiger partial charge in [0.15, 0.2) is 0 Å². The van der Waals surface area contributed by atoms with Crippen molar-refractivity contribution in [2.24, 2.45) is 5.73 Å². The maximum Gasteiger partial charge on any atom is 0.243 e. The summed E-state index contributed by atoms with van der Waals surface area (Å²) in [6.45, 7) is 0.478. The van der Waals surface area contributed by atoms with Crippen molar-refractivity contribution in [2.75, 3.05) is 18.4 Å². The Hall–Kier alpha value is -3.23.